The molecule has 4 fully saturated rings. The fourth-order valence-electron chi connectivity index (χ4n) is 8.41. The molecular formula is C23H29NO2. The molecule has 4 saturated carbocycles. The van der Waals surface area contributed by atoms with Gasteiger partial charge in [-0.25, -0.2) is 0 Å². The molecule has 6 aliphatic rings. The number of hydrogen-bond acceptors (Lipinski definition) is 3. The van der Waals surface area contributed by atoms with Gasteiger partial charge in [0.2, 0.25) is 0 Å². The summed E-state index contributed by atoms with van der Waals surface area (Å²) in [5, 5.41) is 3.32. The zero-order valence-electron chi connectivity index (χ0n) is 15.7. The second kappa shape index (κ2) is 4.98. The number of allylic oxidation sites excluding steroid dienone is 2. The monoisotopic (exact) mass is 351 g/mol. The Morgan fingerprint density at radius 3 is 2.88 bits per heavy atom. The topological polar surface area (TPSA) is 38.7 Å². The molecule has 0 bridgehead atoms. The lowest BCUT2D eigenvalue weighted by molar-refractivity contribution is -0.128. The summed E-state index contributed by atoms with van der Waals surface area (Å²) in [6.45, 7) is 7.81. The van der Waals surface area contributed by atoms with Crippen LogP contribution < -0.4 is 0 Å². The molecule has 3 nitrogen and oxygen atoms in total. The summed E-state index contributed by atoms with van der Waals surface area (Å²) >= 11 is 0. The van der Waals surface area contributed by atoms with Gasteiger partial charge in [-0.2, -0.15) is 4.91 Å². The van der Waals surface area contributed by atoms with Gasteiger partial charge in [-0.1, -0.05) is 42.5 Å². The number of rotatable bonds is 1. The molecule has 0 aromatic rings. The summed E-state index contributed by atoms with van der Waals surface area (Å²) in [5.74, 6) is 4.57. The third kappa shape index (κ3) is 1.70. The molecular weight excluding hydrogens is 322 g/mol. The van der Waals surface area contributed by atoms with E-state index in [-0.39, 0.29) is 11.6 Å². The lowest BCUT2D eigenvalue weighted by Gasteiger charge is -2.57. The van der Waals surface area contributed by atoms with E-state index in [0.717, 1.165) is 55.5 Å². The molecule has 6 unspecified atom stereocenters. The van der Waals surface area contributed by atoms with Gasteiger partial charge in [0.25, 0.3) is 0 Å². The smallest absolute Gasteiger partial charge is 0.111 e. The van der Waals surface area contributed by atoms with Crippen molar-refractivity contribution in [3.63, 3.8) is 0 Å². The minimum absolute atomic E-state index is 0.0316. The van der Waals surface area contributed by atoms with E-state index in [2.05, 4.69) is 36.9 Å². The van der Waals surface area contributed by atoms with Crippen LogP contribution in [0.4, 0.5) is 0 Å². The van der Waals surface area contributed by atoms with E-state index in [1.54, 1.807) is 0 Å². The highest BCUT2D eigenvalue weighted by molar-refractivity contribution is 5.40. The van der Waals surface area contributed by atoms with E-state index in [9.17, 15) is 4.91 Å². The van der Waals surface area contributed by atoms with Gasteiger partial charge in [-0.05, 0) is 79.6 Å². The second-order valence-electron chi connectivity index (χ2n) is 10.1. The van der Waals surface area contributed by atoms with Crippen molar-refractivity contribution in [2.45, 2.75) is 57.1 Å². The van der Waals surface area contributed by atoms with Crippen LogP contribution in [0.3, 0.4) is 0 Å². The lowest BCUT2D eigenvalue weighted by Crippen LogP contribution is -2.54. The van der Waals surface area contributed by atoms with Crippen LogP contribution in [0.15, 0.2) is 41.1 Å². The van der Waals surface area contributed by atoms with Crippen molar-refractivity contribution in [3.05, 3.63) is 40.9 Å². The SMILES string of the molecule is C=C1CC2C(CC[C@@]3(C)C2C2CC2[C@@]32C=CCO2)[C@H]2CCC(N=O)C=C12. The molecule has 1 heterocycles. The largest absolute Gasteiger partial charge is 0.366 e. The summed E-state index contributed by atoms with van der Waals surface area (Å²) in [4.78, 5) is 11.1. The highest BCUT2D eigenvalue weighted by Gasteiger charge is 2.76. The molecule has 138 valence electrons. The maximum absolute atomic E-state index is 11.1. The number of nitrogens with zero attached hydrogens (tertiary/aromatic N) is 1. The third-order valence-electron chi connectivity index (χ3n) is 9.36. The molecule has 0 N–H and O–H groups in total. The molecule has 1 aliphatic heterocycles. The van der Waals surface area contributed by atoms with Crippen LogP contribution >= 0.6 is 0 Å². The normalized spacial score (nSPS) is 56.4. The predicted octanol–water partition coefficient (Wildman–Crippen LogP) is 5.04. The van der Waals surface area contributed by atoms with E-state index >= 15 is 0 Å². The Morgan fingerprint density at radius 1 is 1.23 bits per heavy atom. The fourth-order valence-corrected chi connectivity index (χ4v) is 8.41. The summed E-state index contributed by atoms with van der Waals surface area (Å²) in [6.07, 6.45) is 14.0. The summed E-state index contributed by atoms with van der Waals surface area (Å²) in [6, 6.07) is -0.122. The van der Waals surface area contributed by atoms with Crippen LogP contribution in [0.5, 0.6) is 0 Å². The average molecular weight is 351 g/mol. The van der Waals surface area contributed by atoms with Crippen molar-refractivity contribution in [2.24, 2.45) is 46.1 Å². The molecule has 26 heavy (non-hydrogen) atoms. The highest BCUT2D eigenvalue weighted by Crippen LogP contribution is 2.77. The Bertz CT molecular complexity index is 753. The molecule has 3 heteroatoms. The van der Waals surface area contributed by atoms with E-state index in [4.69, 9.17) is 4.74 Å². The van der Waals surface area contributed by atoms with E-state index in [1.807, 2.05) is 0 Å². The molecule has 5 aliphatic carbocycles. The molecule has 0 amide bonds. The van der Waals surface area contributed by atoms with Crippen molar-refractivity contribution in [1.82, 2.24) is 0 Å². The van der Waals surface area contributed by atoms with Gasteiger partial charge in [0.1, 0.15) is 6.04 Å². The minimum Gasteiger partial charge on any atom is -0.366 e. The number of nitroso groups, excluding NO2 is 1. The van der Waals surface area contributed by atoms with Crippen LogP contribution in [0, 0.1) is 45.8 Å². The van der Waals surface area contributed by atoms with Crippen LogP contribution in [-0.2, 0) is 4.74 Å². The summed E-state index contributed by atoms with van der Waals surface area (Å²) in [7, 11) is 0. The van der Waals surface area contributed by atoms with Gasteiger partial charge < -0.3 is 4.74 Å². The zero-order chi connectivity index (χ0) is 17.7. The summed E-state index contributed by atoms with van der Waals surface area (Å²) in [5.41, 5.74) is 3.03. The second-order valence-corrected chi connectivity index (χ2v) is 10.1. The number of fused-ring (bicyclic) bond motifs is 9. The van der Waals surface area contributed by atoms with E-state index < -0.39 is 0 Å². The molecule has 1 spiro atoms. The number of hydrogen-bond donors (Lipinski definition) is 0. The van der Waals surface area contributed by atoms with Crippen LogP contribution in [0.1, 0.15) is 45.4 Å². The molecule has 9 atom stereocenters. The lowest BCUT2D eigenvalue weighted by atomic mass is 9.48. The first-order valence-corrected chi connectivity index (χ1v) is 10.6. The van der Waals surface area contributed by atoms with Gasteiger partial charge in [-0.3, -0.25) is 0 Å². The van der Waals surface area contributed by atoms with Crippen LogP contribution in [-0.4, -0.2) is 18.2 Å². The quantitative estimate of drug-likeness (QED) is 0.490. The van der Waals surface area contributed by atoms with Crippen LogP contribution in [0.2, 0.25) is 0 Å². The summed E-state index contributed by atoms with van der Waals surface area (Å²) < 4.78 is 6.48. The van der Waals surface area contributed by atoms with Gasteiger partial charge in [0.05, 0.1) is 12.2 Å². The first-order chi connectivity index (χ1) is 12.6. The standard InChI is InChI=1S/C23H29NO2/c1-13-10-18-16(15-5-4-14(24-25)11-17(13)15)6-8-22(2)21(18)19-12-20(19)23(22)7-3-9-26-23/h3,7,11,14-16,18-21H,1,4-6,8-10,12H2,2H3/t14?,15-,16?,18?,19?,20?,21?,22+,23+/m1/s1. The van der Waals surface area contributed by atoms with Gasteiger partial charge in [0, 0.05) is 5.41 Å². The van der Waals surface area contributed by atoms with Crippen LogP contribution in [0.25, 0.3) is 0 Å². The fraction of sp³-hybridized carbons (Fsp3) is 0.739. The minimum atomic E-state index is -0.122. The third-order valence-corrected chi connectivity index (χ3v) is 9.36. The Morgan fingerprint density at radius 2 is 2.12 bits per heavy atom. The molecule has 0 saturated heterocycles. The van der Waals surface area contributed by atoms with E-state index in [1.165, 1.54) is 30.4 Å². The van der Waals surface area contributed by atoms with Crippen molar-refractivity contribution in [1.29, 1.82) is 0 Å². The molecule has 0 aromatic heterocycles. The molecule has 6 rings (SSSR count). The van der Waals surface area contributed by atoms with Crippen molar-refractivity contribution >= 4 is 0 Å². The Labute approximate surface area is 155 Å². The average Bonchev–Trinajstić information content (AvgIpc) is 3.20. The predicted molar refractivity (Wildman–Crippen MR) is 101 cm³/mol. The first kappa shape index (κ1) is 15.8. The molecule has 0 radical (unpaired) electrons. The van der Waals surface area contributed by atoms with Gasteiger partial charge in [0.15, 0.2) is 0 Å². The Hall–Kier alpha value is -1.22. The van der Waals surface area contributed by atoms with Gasteiger partial charge >= 0.3 is 0 Å². The van der Waals surface area contributed by atoms with Gasteiger partial charge in [-0.15, -0.1) is 0 Å². The maximum Gasteiger partial charge on any atom is 0.111 e. The van der Waals surface area contributed by atoms with Crippen molar-refractivity contribution in [3.8, 4) is 0 Å². The number of ether oxygens (including phenoxy) is 1. The highest BCUT2D eigenvalue weighted by atomic mass is 16.5. The molecule has 0 aromatic carbocycles. The maximum atomic E-state index is 11.1. The van der Waals surface area contributed by atoms with Crippen molar-refractivity contribution < 1.29 is 4.74 Å². The first-order valence-electron chi connectivity index (χ1n) is 10.6. The Kier molecular flexibility index (Phi) is 3.03. The van der Waals surface area contributed by atoms with Crippen molar-refractivity contribution in [2.75, 3.05) is 6.61 Å². The zero-order valence-corrected chi connectivity index (χ0v) is 15.7. The van der Waals surface area contributed by atoms with E-state index in [0.29, 0.717) is 11.3 Å². The Balaban J connectivity index is 1.38.